The average Bonchev–Trinajstić information content (AvgIpc) is 2.59. The lowest BCUT2D eigenvalue weighted by atomic mass is 9.88. The third kappa shape index (κ3) is 4.00. The highest BCUT2D eigenvalue weighted by atomic mass is 19.1. The van der Waals surface area contributed by atoms with Crippen molar-refractivity contribution in [3.63, 3.8) is 0 Å². The molecule has 2 aromatic rings. The molecule has 1 aliphatic heterocycles. The van der Waals surface area contributed by atoms with Gasteiger partial charge >= 0.3 is 0 Å². The number of ether oxygens (including phenoxy) is 1. The van der Waals surface area contributed by atoms with Gasteiger partial charge in [0.2, 0.25) is 0 Å². The second kappa shape index (κ2) is 7.86. The summed E-state index contributed by atoms with van der Waals surface area (Å²) < 4.78 is 19.7. The summed E-state index contributed by atoms with van der Waals surface area (Å²) in [4.78, 5) is 6.91. The number of pyridine rings is 1. The molecule has 0 amide bonds. The zero-order chi connectivity index (χ0) is 16.9. The van der Waals surface area contributed by atoms with E-state index in [1.165, 1.54) is 11.6 Å². The predicted octanol–water partition coefficient (Wildman–Crippen LogP) is 3.61. The monoisotopic (exact) mass is 328 g/mol. The number of hydrogen-bond donors (Lipinski definition) is 0. The number of piperidine rings is 1. The summed E-state index contributed by atoms with van der Waals surface area (Å²) in [7, 11) is 1.76. The summed E-state index contributed by atoms with van der Waals surface area (Å²) in [6, 6.07) is 11.1. The fraction of sp³-hybridized carbons (Fsp3) is 0.450. The number of likely N-dealkylation sites (tertiary alicyclic amines) is 1. The third-order valence-corrected chi connectivity index (χ3v) is 4.98. The second-order valence-corrected chi connectivity index (χ2v) is 6.62. The number of hydrogen-bond acceptors (Lipinski definition) is 3. The van der Waals surface area contributed by atoms with Crippen LogP contribution in [0.15, 0.2) is 42.6 Å². The van der Waals surface area contributed by atoms with E-state index in [4.69, 9.17) is 4.74 Å². The molecule has 1 aromatic heterocycles. The minimum atomic E-state index is -0.120. The molecule has 1 saturated heterocycles. The van der Waals surface area contributed by atoms with Crippen LogP contribution in [0.2, 0.25) is 0 Å². The molecule has 4 heteroatoms. The molecule has 0 saturated carbocycles. The predicted molar refractivity (Wildman–Crippen MR) is 93.3 cm³/mol. The highest BCUT2D eigenvalue weighted by molar-refractivity contribution is 5.19. The van der Waals surface area contributed by atoms with Crippen molar-refractivity contribution in [2.24, 2.45) is 5.92 Å². The van der Waals surface area contributed by atoms with Crippen molar-refractivity contribution < 1.29 is 9.13 Å². The molecule has 24 heavy (non-hydrogen) atoms. The molecule has 3 rings (SSSR count). The highest BCUT2D eigenvalue weighted by Crippen LogP contribution is 2.26. The Morgan fingerprint density at radius 2 is 2.08 bits per heavy atom. The maximum absolute atomic E-state index is 14.0. The number of methoxy groups -OCH3 is 1. The Labute approximate surface area is 143 Å². The van der Waals surface area contributed by atoms with E-state index in [1.54, 1.807) is 13.2 Å². The van der Waals surface area contributed by atoms with Gasteiger partial charge in [-0.05, 0) is 43.0 Å². The van der Waals surface area contributed by atoms with E-state index in [0.717, 1.165) is 37.3 Å². The van der Waals surface area contributed by atoms with Crippen molar-refractivity contribution in [2.45, 2.75) is 32.4 Å². The largest absolute Gasteiger partial charge is 0.381 e. The lowest BCUT2D eigenvalue weighted by Crippen LogP contribution is -2.44. The zero-order valence-electron chi connectivity index (χ0n) is 14.4. The van der Waals surface area contributed by atoms with Gasteiger partial charge in [-0.25, -0.2) is 4.39 Å². The minimum Gasteiger partial charge on any atom is -0.381 e. The summed E-state index contributed by atoms with van der Waals surface area (Å²) in [5, 5.41) is 0. The molecule has 0 unspecified atom stereocenters. The van der Waals surface area contributed by atoms with Gasteiger partial charge in [0, 0.05) is 38.9 Å². The van der Waals surface area contributed by atoms with Crippen LogP contribution in [0.1, 0.15) is 23.2 Å². The molecule has 0 aliphatic carbocycles. The lowest BCUT2D eigenvalue weighted by molar-refractivity contribution is -0.00906. The van der Waals surface area contributed by atoms with Crippen molar-refractivity contribution in [2.75, 3.05) is 20.2 Å². The zero-order valence-corrected chi connectivity index (χ0v) is 14.4. The molecule has 2 heterocycles. The summed E-state index contributed by atoms with van der Waals surface area (Å²) in [6.07, 6.45) is 3.72. The fourth-order valence-electron chi connectivity index (χ4n) is 3.58. The van der Waals surface area contributed by atoms with Gasteiger partial charge in [-0.15, -0.1) is 0 Å². The molecule has 1 aliphatic rings. The standard InChI is InChI=1S/C20H25FN2O/c1-15-6-5-10-22-19(15)14-23-11-9-20(24-2)17(13-23)12-16-7-3-4-8-18(16)21/h3-8,10,17,20H,9,11-14H2,1-2H3/t17-,20-/m1/s1. The Morgan fingerprint density at radius 1 is 1.25 bits per heavy atom. The van der Waals surface area contributed by atoms with Crippen molar-refractivity contribution in [1.82, 2.24) is 9.88 Å². The van der Waals surface area contributed by atoms with E-state index < -0.39 is 0 Å². The fourth-order valence-corrected chi connectivity index (χ4v) is 3.58. The van der Waals surface area contributed by atoms with Gasteiger partial charge in [0.05, 0.1) is 11.8 Å². The molecule has 1 fully saturated rings. The Bertz CT molecular complexity index is 676. The molecular formula is C20H25FN2O. The van der Waals surface area contributed by atoms with Crippen molar-refractivity contribution in [3.8, 4) is 0 Å². The number of benzene rings is 1. The van der Waals surface area contributed by atoms with Crippen LogP contribution in [-0.4, -0.2) is 36.2 Å². The van der Waals surface area contributed by atoms with E-state index >= 15 is 0 Å². The smallest absolute Gasteiger partial charge is 0.126 e. The van der Waals surface area contributed by atoms with Gasteiger partial charge in [0.15, 0.2) is 0 Å². The van der Waals surface area contributed by atoms with Crippen LogP contribution < -0.4 is 0 Å². The van der Waals surface area contributed by atoms with Crippen LogP contribution >= 0.6 is 0 Å². The van der Waals surface area contributed by atoms with Crippen LogP contribution in [0.5, 0.6) is 0 Å². The molecular weight excluding hydrogens is 303 g/mol. The number of aromatic nitrogens is 1. The van der Waals surface area contributed by atoms with Gasteiger partial charge in [0.25, 0.3) is 0 Å². The summed E-state index contributed by atoms with van der Waals surface area (Å²) >= 11 is 0. The molecule has 3 nitrogen and oxygen atoms in total. The van der Waals surface area contributed by atoms with Crippen molar-refractivity contribution in [1.29, 1.82) is 0 Å². The summed E-state index contributed by atoms with van der Waals surface area (Å²) in [6.45, 7) is 4.84. The van der Waals surface area contributed by atoms with Gasteiger partial charge in [0.1, 0.15) is 5.82 Å². The van der Waals surface area contributed by atoms with E-state index in [-0.39, 0.29) is 11.9 Å². The Hall–Kier alpha value is -1.78. The summed E-state index contributed by atoms with van der Waals surface area (Å²) in [5.41, 5.74) is 3.12. The van der Waals surface area contributed by atoms with E-state index in [2.05, 4.69) is 22.9 Å². The van der Waals surface area contributed by atoms with Crippen LogP contribution in [0.4, 0.5) is 4.39 Å². The first-order valence-electron chi connectivity index (χ1n) is 8.56. The van der Waals surface area contributed by atoms with E-state index in [0.29, 0.717) is 12.3 Å². The van der Waals surface area contributed by atoms with Crippen LogP contribution in [0.3, 0.4) is 0 Å². The van der Waals surface area contributed by atoms with E-state index in [1.807, 2.05) is 24.4 Å². The Balaban J connectivity index is 1.70. The third-order valence-electron chi connectivity index (χ3n) is 4.98. The molecule has 0 radical (unpaired) electrons. The first-order valence-corrected chi connectivity index (χ1v) is 8.56. The topological polar surface area (TPSA) is 25.4 Å². The van der Waals surface area contributed by atoms with Crippen LogP contribution in [0.25, 0.3) is 0 Å². The molecule has 0 bridgehead atoms. The van der Waals surface area contributed by atoms with E-state index in [9.17, 15) is 4.39 Å². The quantitative estimate of drug-likeness (QED) is 0.838. The van der Waals surface area contributed by atoms with Crippen LogP contribution in [0, 0.1) is 18.7 Å². The molecule has 0 N–H and O–H groups in total. The first-order chi connectivity index (χ1) is 11.7. The van der Waals surface area contributed by atoms with Gasteiger partial charge < -0.3 is 4.74 Å². The Morgan fingerprint density at radius 3 is 2.83 bits per heavy atom. The summed E-state index contributed by atoms with van der Waals surface area (Å²) in [5.74, 6) is 0.176. The van der Waals surface area contributed by atoms with Gasteiger partial charge in [-0.3, -0.25) is 9.88 Å². The molecule has 2 atom stereocenters. The maximum Gasteiger partial charge on any atom is 0.126 e. The SMILES string of the molecule is CO[C@@H]1CCN(Cc2ncccc2C)C[C@H]1Cc1ccccc1F. The molecule has 0 spiro atoms. The number of aryl methyl sites for hydroxylation is 1. The molecule has 1 aromatic carbocycles. The van der Waals surface area contributed by atoms with Crippen molar-refractivity contribution in [3.05, 3.63) is 65.2 Å². The normalized spacial score (nSPS) is 21.8. The first kappa shape index (κ1) is 17.1. The van der Waals surface area contributed by atoms with Gasteiger partial charge in [-0.1, -0.05) is 24.3 Å². The van der Waals surface area contributed by atoms with Crippen molar-refractivity contribution >= 4 is 0 Å². The van der Waals surface area contributed by atoms with Crippen LogP contribution in [-0.2, 0) is 17.7 Å². The maximum atomic E-state index is 14.0. The Kier molecular flexibility index (Phi) is 5.59. The second-order valence-electron chi connectivity index (χ2n) is 6.62. The number of rotatable bonds is 5. The lowest BCUT2D eigenvalue weighted by Gasteiger charge is -2.38. The minimum absolute atomic E-state index is 0.120. The number of nitrogens with zero attached hydrogens (tertiary/aromatic N) is 2. The number of halogens is 1. The highest BCUT2D eigenvalue weighted by Gasteiger charge is 2.30. The molecule has 128 valence electrons. The average molecular weight is 328 g/mol. The van der Waals surface area contributed by atoms with Gasteiger partial charge in [-0.2, -0.15) is 0 Å².